The number of aryl methyl sites for hydroxylation is 1. The van der Waals surface area contributed by atoms with Crippen molar-refractivity contribution in [3.8, 4) is 11.5 Å². The molecule has 0 heterocycles. The van der Waals surface area contributed by atoms with Crippen molar-refractivity contribution in [2.45, 2.75) is 20.5 Å². The molecule has 3 aromatic carbocycles. The predicted octanol–water partition coefficient (Wildman–Crippen LogP) is 4.85. The van der Waals surface area contributed by atoms with Gasteiger partial charge >= 0.3 is 11.8 Å². The van der Waals surface area contributed by atoms with Gasteiger partial charge in [-0.25, -0.2) is 9.82 Å². The second-order valence-electron chi connectivity index (χ2n) is 7.14. The number of nitrogens with zero attached hydrogens (tertiary/aromatic N) is 1. The molecule has 0 aliphatic rings. The molecule has 0 radical (unpaired) electrons. The van der Waals surface area contributed by atoms with Crippen LogP contribution in [0.2, 0.25) is 5.02 Å². The number of hydrogen-bond donors (Lipinski definition) is 2. The molecule has 0 saturated carbocycles. The first kappa shape index (κ1) is 24.7. The topological polar surface area (TPSA) is 89.0 Å². The molecule has 2 amide bonds. The van der Waals surface area contributed by atoms with Crippen molar-refractivity contribution in [3.63, 3.8) is 0 Å². The SMILES string of the molecule is CCOc1cc(/C=N/NC(=O)C(=O)Nc2ccc(F)c(Cl)c2)ccc1OCc1ccccc1C. The molecule has 0 aliphatic heterocycles. The van der Waals surface area contributed by atoms with Gasteiger partial charge < -0.3 is 14.8 Å². The van der Waals surface area contributed by atoms with Crippen LogP contribution in [-0.2, 0) is 16.2 Å². The maximum atomic E-state index is 13.2. The summed E-state index contributed by atoms with van der Waals surface area (Å²) in [6, 6.07) is 16.7. The van der Waals surface area contributed by atoms with E-state index in [-0.39, 0.29) is 10.7 Å². The number of benzene rings is 3. The summed E-state index contributed by atoms with van der Waals surface area (Å²) in [5, 5.41) is 5.94. The average Bonchev–Trinajstić information content (AvgIpc) is 2.82. The molecule has 0 bridgehead atoms. The molecule has 3 aromatic rings. The van der Waals surface area contributed by atoms with Gasteiger partial charge in [0.05, 0.1) is 17.8 Å². The summed E-state index contributed by atoms with van der Waals surface area (Å²) in [4.78, 5) is 23.9. The molecule has 9 heteroatoms. The Hall–Kier alpha value is -3.91. The van der Waals surface area contributed by atoms with Gasteiger partial charge in [0.15, 0.2) is 11.5 Å². The minimum absolute atomic E-state index is 0.173. The Morgan fingerprint density at radius 3 is 2.56 bits per heavy atom. The fourth-order valence-electron chi connectivity index (χ4n) is 2.90. The van der Waals surface area contributed by atoms with Gasteiger partial charge in [0.25, 0.3) is 0 Å². The van der Waals surface area contributed by atoms with Crippen molar-refractivity contribution in [1.82, 2.24) is 5.43 Å². The van der Waals surface area contributed by atoms with Crippen LogP contribution in [-0.4, -0.2) is 24.6 Å². The van der Waals surface area contributed by atoms with Gasteiger partial charge in [0.1, 0.15) is 12.4 Å². The lowest BCUT2D eigenvalue weighted by Crippen LogP contribution is -2.32. The Morgan fingerprint density at radius 2 is 1.82 bits per heavy atom. The summed E-state index contributed by atoms with van der Waals surface area (Å²) in [5.74, 6) is -1.51. The van der Waals surface area contributed by atoms with Gasteiger partial charge in [-0.05, 0) is 66.9 Å². The fourth-order valence-corrected chi connectivity index (χ4v) is 3.08. The zero-order valence-electron chi connectivity index (χ0n) is 18.6. The summed E-state index contributed by atoms with van der Waals surface area (Å²) in [7, 11) is 0. The highest BCUT2D eigenvalue weighted by atomic mass is 35.5. The number of nitrogens with one attached hydrogen (secondary N) is 2. The van der Waals surface area contributed by atoms with Gasteiger partial charge in [-0.2, -0.15) is 5.10 Å². The quantitative estimate of drug-likeness (QED) is 0.272. The van der Waals surface area contributed by atoms with Crippen LogP contribution in [0.25, 0.3) is 0 Å². The number of rotatable bonds is 8. The third kappa shape index (κ3) is 6.79. The van der Waals surface area contributed by atoms with Crippen molar-refractivity contribution in [2.24, 2.45) is 5.10 Å². The van der Waals surface area contributed by atoms with Crippen molar-refractivity contribution < 1.29 is 23.5 Å². The Labute approximate surface area is 201 Å². The molecule has 0 unspecified atom stereocenters. The number of amides is 2. The number of anilines is 1. The van der Waals surface area contributed by atoms with Crippen LogP contribution in [0.15, 0.2) is 65.8 Å². The number of carbonyl (C=O) groups excluding carboxylic acids is 2. The Bertz CT molecular complexity index is 1220. The molecule has 0 atom stereocenters. The third-order valence-corrected chi connectivity index (χ3v) is 4.97. The van der Waals surface area contributed by atoms with Crippen LogP contribution < -0.4 is 20.2 Å². The predicted molar refractivity (Wildman–Crippen MR) is 129 cm³/mol. The molecule has 0 saturated heterocycles. The van der Waals surface area contributed by atoms with Gasteiger partial charge in [-0.15, -0.1) is 0 Å². The van der Waals surface area contributed by atoms with Gasteiger partial charge in [-0.3, -0.25) is 9.59 Å². The van der Waals surface area contributed by atoms with Crippen LogP contribution in [0.4, 0.5) is 10.1 Å². The molecule has 0 spiro atoms. The number of hydrazone groups is 1. The molecule has 176 valence electrons. The minimum atomic E-state index is -1.00. The maximum Gasteiger partial charge on any atom is 0.329 e. The van der Waals surface area contributed by atoms with E-state index in [2.05, 4.69) is 15.8 Å². The van der Waals surface area contributed by atoms with Crippen LogP contribution >= 0.6 is 11.6 Å². The second kappa shape index (κ2) is 11.8. The number of ether oxygens (including phenoxy) is 2. The van der Waals surface area contributed by atoms with E-state index in [9.17, 15) is 14.0 Å². The van der Waals surface area contributed by atoms with Gasteiger partial charge in [0, 0.05) is 5.69 Å². The summed E-state index contributed by atoms with van der Waals surface area (Å²) < 4.78 is 24.8. The normalized spacial score (nSPS) is 10.7. The molecular formula is C25H23ClFN3O4. The average molecular weight is 484 g/mol. The lowest BCUT2D eigenvalue weighted by Gasteiger charge is -2.13. The maximum absolute atomic E-state index is 13.2. The van der Waals surface area contributed by atoms with Crippen LogP contribution in [0.5, 0.6) is 11.5 Å². The first-order chi connectivity index (χ1) is 16.4. The van der Waals surface area contributed by atoms with Gasteiger partial charge in [-0.1, -0.05) is 35.9 Å². The largest absolute Gasteiger partial charge is 0.490 e. The highest BCUT2D eigenvalue weighted by molar-refractivity contribution is 6.39. The number of halogens is 2. The summed E-state index contributed by atoms with van der Waals surface area (Å²) in [6.45, 7) is 4.71. The van der Waals surface area contributed by atoms with Crippen LogP contribution in [0.3, 0.4) is 0 Å². The lowest BCUT2D eigenvalue weighted by molar-refractivity contribution is -0.136. The van der Waals surface area contributed by atoms with Crippen molar-refractivity contribution in [1.29, 1.82) is 0 Å². The summed E-state index contributed by atoms with van der Waals surface area (Å²) in [6.07, 6.45) is 1.37. The molecule has 0 aromatic heterocycles. The van der Waals surface area contributed by atoms with E-state index in [4.69, 9.17) is 21.1 Å². The van der Waals surface area contributed by atoms with E-state index in [0.717, 1.165) is 17.2 Å². The molecule has 3 rings (SSSR count). The molecular weight excluding hydrogens is 461 g/mol. The minimum Gasteiger partial charge on any atom is -0.490 e. The number of carbonyl (C=O) groups is 2. The van der Waals surface area contributed by atoms with E-state index in [1.807, 2.05) is 38.1 Å². The zero-order valence-corrected chi connectivity index (χ0v) is 19.4. The second-order valence-corrected chi connectivity index (χ2v) is 7.54. The smallest absolute Gasteiger partial charge is 0.329 e. The van der Waals surface area contributed by atoms with Crippen molar-refractivity contribution in [2.75, 3.05) is 11.9 Å². The van der Waals surface area contributed by atoms with Crippen LogP contribution in [0.1, 0.15) is 23.6 Å². The highest BCUT2D eigenvalue weighted by Crippen LogP contribution is 2.29. The first-order valence-corrected chi connectivity index (χ1v) is 10.8. The molecule has 0 fully saturated rings. The third-order valence-electron chi connectivity index (χ3n) is 4.68. The fraction of sp³-hybridized carbons (Fsp3) is 0.160. The van der Waals surface area contributed by atoms with E-state index in [1.165, 1.54) is 18.3 Å². The number of hydrogen-bond acceptors (Lipinski definition) is 5. The summed E-state index contributed by atoms with van der Waals surface area (Å²) in [5.41, 5.74) is 5.14. The van der Waals surface area contributed by atoms with Crippen molar-refractivity contribution >= 4 is 35.3 Å². The van der Waals surface area contributed by atoms with E-state index >= 15 is 0 Å². The molecule has 0 aliphatic carbocycles. The van der Waals surface area contributed by atoms with Crippen LogP contribution in [0, 0.1) is 12.7 Å². The van der Waals surface area contributed by atoms with E-state index in [0.29, 0.717) is 30.3 Å². The van der Waals surface area contributed by atoms with Crippen molar-refractivity contribution in [3.05, 3.63) is 88.2 Å². The summed E-state index contributed by atoms with van der Waals surface area (Å²) >= 11 is 5.66. The lowest BCUT2D eigenvalue weighted by atomic mass is 10.1. The highest BCUT2D eigenvalue weighted by Gasteiger charge is 2.14. The Balaban J connectivity index is 1.60. The van der Waals surface area contributed by atoms with E-state index < -0.39 is 17.6 Å². The standard InChI is InChI=1S/C25H23ClFN3O4/c1-3-33-23-12-17(8-11-22(23)34-15-18-7-5-4-6-16(18)2)14-28-30-25(32)24(31)29-19-9-10-21(27)20(26)13-19/h4-14H,3,15H2,1-2H3,(H,29,31)(H,30,32)/b28-14+. The molecule has 34 heavy (non-hydrogen) atoms. The zero-order chi connectivity index (χ0) is 24.5. The van der Waals surface area contributed by atoms with Gasteiger partial charge in [0.2, 0.25) is 0 Å². The Kier molecular flexibility index (Phi) is 8.59. The molecule has 7 nitrogen and oxygen atoms in total. The monoisotopic (exact) mass is 483 g/mol. The molecule has 2 N–H and O–H groups in total. The Morgan fingerprint density at radius 1 is 1.03 bits per heavy atom. The first-order valence-electron chi connectivity index (χ1n) is 10.4. The van der Waals surface area contributed by atoms with E-state index in [1.54, 1.807) is 18.2 Å².